The molecule has 3 aromatic rings. The van der Waals surface area contributed by atoms with E-state index in [4.69, 9.17) is 0 Å². The Morgan fingerprint density at radius 1 is 1.23 bits per heavy atom. The van der Waals surface area contributed by atoms with Gasteiger partial charge in [-0.3, -0.25) is 4.79 Å². The van der Waals surface area contributed by atoms with Crippen LogP contribution < -0.4 is 10.3 Å². The molecule has 3 rings (SSSR count). The van der Waals surface area contributed by atoms with E-state index in [1.165, 1.54) is 17.3 Å². The fraction of sp³-hybridized carbons (Fsp3) is 0.176. The zero-order chi connectivity index (χ0) is 15.5. The molecule has 0 saturated heterocycles. The number of H-pyrrole nitrogens is 2. The Labute approximate surface area is 133 Å². The Bertz CT molecular complexity index is 793. The van der Waals surface area contributed by atoms with Crippen molar-refractivity contribution in [1.29, 1.82) is 0 Å². The second-order valence-electron chi connectivity index (χ2n) is 5.28. The monoisotopic (exact) mass is 312 g/mol. The summed E-state index contributed by atoms with van der Waals surface area (Å²) in [7, 11) is 0. The zero-order valence-electron chi connectivity index (χ0n) is 12.6. The average Bonchev–Trinajstić information content (AvgIpc) is 2.91. The van der Waals surface area contributed by atoms with Gasteiger partial charge in [-0.2, -0.15) is 0 Å². The van der Waals surface area contributed by atoms with Crippen LogP contribution >= 0.6 is 11.8 Å². The molecule has 22 heavy (non-hydrogen) atoms. The number of carbonyl (C=O) groups is 1. The van der Waals surface area contributed by atoms with Crippen molar-refractivity contribution in [1.82, 2.24) is 4.98 Å². The van der Waals surface area contributed by atoms with Gasteiger partial charge < -0.3 is 5.32 Å². The van der Waals surface area contributed by atoms with Crippen molar-refractivity contribution in [3.63, 3.8) is 0 Å². The van der Waals surface area contributed by atoms with Crippen molar-refractivity contribution in [2.24, 2.45) is 0 Å². The van der Waals surface area contributed by atoms with Gasteiger partial charge in [0, 0.05) is 5.69 Å². The van der Waals surface area contributed by atoms with Crippen LogP contribution in [-0.2, 0) is 4.79 Å². The molecule has 0 fully saturated rings. The van der Waals surface area contributed by atoms with Gasteiger partial charge in [0.2, 0.25) is 5.91 Å². The van der Waals surface area contributed by atoms with Gasteiger partial charge in [0.1, 0.15) is 0 Å². The molecule has 0 bridgehead atoms. The van der Waals surface area contributed by atoms with Crippen molar-refractivity contribution < 1.29 is 9.78 Å². The molecule has 0 atom stereocenters. The van der Waals surface area contributed by atoms with Crippen LogP contribution in [0.15, 0.2) is 47.6 Å². The number of benzene rings is 2. The number of amides is 1. The van der Waals surface area contributed by atoms with Crippen molar-refractivity contribution in [2.45, 2.75) is 19.0 Å². The largest absolute Gasteiger partial charge is 0.325 e. The first kappa shape index (κ1) is 14.7. The number of hydrogen-bond donors (Lipinski definition) is 2. The maximum Gasteiger partial charge on any atom is 0.315 e. The van der Waals surface area contributed by atoms with Gasteiger partial charge in [0.25, 0.3) is 0 Å². The molecule has 2 aromatic carbocycles. The third-order valence-corrected chi connectivity index (χ3v) is 4.33. The summed E-state index contributed by atoms with van der Waals surface area (Å²) in [5, 5.41) is 3.84. The summed E-state index contributed by atoms with van der Waals surface area (Å²) in [4.78, 5) is 18.6. The molecule has 0 radical (unpaired) electrons. The minimum Gasteiger partial charge on any atom is -0.325 e. The van der Waals surface area contributed by atoms with E-state index in [9.17, 15) is 4.79 Å². The molecule has 0 saturated carbocycles. The standard InChI is InChI=1S/C17H17N3OS/c1-11-7-8-13(12(2)9-11)18-16(21)10-22-17-19-14-5-3-4-6-15(14)20-17/h3-9H,10H2,1-2H3,(H,18,21)(H,19,20)/p+1. The van der Waals surface area contributed by atoms with E-state index in [0.717, 1.165) is 27.4 Å². The molecule has 0 aliphatic heterocycles. The quantitative estimate of drug-likeness (QED) is 0.726. The topological polar surface area (TPSA) is 59.0 Å². The van der Waals surface area contributed by atoms with Crippen molar-refractivity contribution in [3.05, 3.63) is 53.6 Å². The Morgan fingerprint density at radius 3 is 2.82 bits per heavy atom. The summed E-state index contributed by atoms with van der Waals surface area (Å²) in [5.41, 5.74) is 5.23. The Kier molecular flexibility index (Phi) is 4.15. The molecule has 3 N–H and O–H groups in total. The number of aromatic amines is 2. The average molecular weight is 312 g/mol. The van der Waals surface area contributed by atoms with Crippen LogP contribution in [0.1, 0.15) is 11.1 Å². The summed E-state index contributed by atoms with van der Waals surface area (Å²) in [5.74, 6) is 0.348. The molecule has 1 heterocycles. The number of aryl methyl sites for hydroxylation is 2. The van der Waals surface area contributed by atoms with E-state index in [2.05, 4.69) is 21.4 Å². The van der Waals surface area contributed by atoms with Crippen molar-refractivity contribution >= 4 is 34.4 Å². The summed E-state index contributed by atoms with van der Waals surface area (Å²) < 4.78 is 0. The number of imidazole rings is 1. The summed E-state index contributed by atoms with van der Waals surface area (Å²) >= 11 is 1.46. The fourth-order valence-corrected chi connectivity index (χ4v) is 3.04. The lowest BCUT2D eigenvalue weighted by Crippen LogP contribution is -2.16. The lowest BCUT2D eigenvalue weighted by Gasteiger charge is -2.08. The van der Waals surface area contributed by atoms with Gasteiger partial charge in [-0.05, 0) is 49.4 Å². The number of nitrogens with one attached hydrogen (secondary N) is 3. The Morgan fingerprint density at radius 2 is 2.05 bits per heavy atom. The number of fused-ring (bicyclic) bond motifs is 1. The van der Waals surface area contributed by atoms with Gasteiger partial charge in [-0.15, -0.1) is 0 Å². The van der Waals surface area contributed by atoms with Crippen molar-refractivity contribution in [3.8, 4) is 0 Å². The van der Waals surface area contributed by atoms with Crippen LogP contribution in [0.25, 0.3) is 11.0 Å². The van der Waals surface area contributed by atoms with E-state index >= 15 is 0 Å². The predicted molar refractivity (Wildman–Crippen MR) is 90.1 cm³/mol. The number of carbonyl (C=O) groups excluding carboxylic acids is 1. The van der Waals surface area contributed by atoms with Crippen LogP contribution in [0.4, 0.5) is 5.69 Å². The van der Waals surface area contributed by atoms with Crippen LogP contribution in [0.2, 0.25) is 0 Å². The van der Waals surface area contributed by atoms with Gasteiger partial charge in [0.15, 0.2) is 11.0 Å². The normalized spacial score (nSPS) is 10.8. The SMILES string of the molecule is Cc1ccc(NC(=O)CSc2[nH]c3ccccc3[nH+]2)c(C)c1. The fourth-order valence-electron chi connectivity index (χ4n) is 2.33. The molecule has 0 spiro atoms. The number of hydrogen-bond acceptors (Lipinski definition) is 2. The van der Waals surface area contributed by atoms with E-state index in [-0.39, 0.29) is 5.91 Å². The number of para-hydroxylation sites is 2. The first-order chi connectivity index (χ1) is 10.6. The van der Waals surface area contributed by atoms with E-state index in [1.54, 1.807) is 0 Å². The highest BCUT2D eigenvalue weighted by molar-refractivity contribution is 7.99. The van der Waals surface area contributed by atoms with Crippen LogP contribution in [0.3, 0.4) is 0 Å². The molecule has 5 heteroatoms. The molecule has 0 unspecified atom stereocenters. The van der Waals surface area contributed by atoms with Crippen molar-refractivity contribution in [2.75, 3.05) is 11.1 Å². The third kappa shape index (κ3) is 3.31. The highest BCUT2D eigenvalue weighted by Crippen LogP contribution is 2.18. The Balaban J connectivity index is 1.62. The van der Waals surface area contributed by atoms with Gasteiger partial charge in [0.05, 0.1) is 5.75 Å². The molecular weight excluding hydrogens is 294 g/mol. The maximum atomic E-state index is 12.1. The summed E-state index contributed by atoms with van der Waals surface area (Å²) in [6, 6.07) is 14.0. The predicted octanol–water partition coefficient (Wildman–Crippen LogP) is 3.33. The van der Waals surface area contributed by atoms with E-state index < -0.39 is 0 Å². The van der Waals surface area contributed by atoms with Gasteiger partial charge in [-0.1, -0.05) is 29.8 Å². The van der Waals surface area contributed by atoms with Crippen LogP contribution in [0.5, 0.6) is 0 Å². The first-order valence-corrected chi connectivity index (χ1v) is 8.10. The summed E-state index contributed by atoms with van der Waals surface area (Å²) in [6.45, 7) is 4.04. The number of thioether (sulfide) groups is 1. The number of aromatic nitrogens is 2. The summed E-state index contributed by atoms with van der Waals surface area (Å²) in [6.07, 6.45) is 0. The smallest absolute Gasteiger partial charge is 0.315 e. The lowest BCUT2D eigenvalue weighted by atomic mass is 10.1. The minimum atomic E-state index is -0.0102. The molecule has 0 aliphatic rings. The molecule has 0 aliphatic carbocycles. The third-order valence-electron chi connectivity index (χ3n) is 3.43. The number of rotatable bonds is 4. The second kappa shape index (κ2) is 6.23. The Hall–Kier alpha value is -2.27. The zero-order valence-corrected chi connectivity index (χ0v) is 13.4. The molecule has 112 valence electrons. The first-order valence-electron chi connectivity index (χ1n) is 7.12. The highest BCUT2D eigenvalue weighted by atomic mass is 32.2. The minimum absolute atomic E-state index is 0.0102. The van der Waals surface area contributed by atoms with Gasteiger partial charge >= 0.3 is 5.16 Å². The van der Waals surface area contributed by atoms with Gasteiger partial charge in [-0.25, -0.2) is 9.97 Å². The van der Waals surface area contributed by atoms with Crippen LogP contribution in [-0.4, -0.2) is 16.6 Å². The number of anilines is 1. The molecule has 1 aromatic heterocycles. The van der Waals surface area contributed by atoms with Crippen LogP contribution in [0, 0.1) is 13.8 Å². The second-order valence-corrected chi connectivity index (χ2v) is 6.27. The lowest BCUT2D eigenvalue weighted by molar-refractivity contribution is -0.396. The molecular formula is C17H18N3OS+. The molecule has 4 nitrogen and oxygen atoms in total. The molecule has 1 amide bonds. The van der Waals surface area contributed by atoms with E-state index in [1.807, 2.05) is 50.2 Å². The maximum absolute atomic E-state index is 12.1. The van der Waals surface area contributed by atoms with E-state index in [0.29, 0.717) is 5.75 Å². The highest BCUT2D eigenvalue weighted by Gasteiger charge is 2.12.